The standard InChI is InChI=1S/C15H24O/c1-5-7-12-15(16)14(4)11-9-8-10-13(3)6-2/h8-11H,5-7,12H2,1-4H3. The molecular formula is C15H24O. The molecular weight excluding hydrogens is 196 g/mol. The molecule has 0 rings (SSSR count). The quantitative estimate of drug-likeness (QED) is 0.452. The van der Waals surface area contributed by atoms with Gasteiger partial charge in [-0.15, -0.1) is 0 Å². The minimum absolute atomic E-state index is 0.266. The van der Waals surface area contributed by atoms with Gasteiger partial charge in [-0.3, -0.25) is 4.79 Å². The van der Waals surface area contributed by atoms with Gasteiger partial charge in [-0.05, 0) is 32.3 Å². The number of Topliss-reactive ketones (excluding diaryl/α,β-unsaturated/α-hetero) is 1. The summed E-state index contributed by atoms with van der Waals surface area (Å²) in [7, 11) is 0. The molecule has 0 aliphatic carbocycles. The summed E-state index contributed by atoms with van der Waals surface area (Å²) >= 11 is 0. The molecule has 0 aromatic rings. The summed E-state index contributed by atoms with van der Waals surface area (Å²) < 4.78 is 0. The number of hydrogen-bond donors (Lipinski definition) is 0. The Morgan fingerprint density at radius 3 is 2.25 bits per heavy atom. The predicted octanol–water partition coefficient (Wildman–Crippen LogP) is 4.60. The molecule has 0 fully saturated rings. The molecule has 0 N–H and O–H groups in total. The largest absolute Gasteiger partial charge is 0.295 e. The van der Waals surface area contributed by atoms with Gasteiger partial charge in [0.15, 0.2) is 5.78 Å². The molecule has 0 aliphatic rings. The van der Waals surface area contributed by atoms with Crippen molar-refractivity contribution in [2.45, 2.75) is 53.4 Å². The summed E-state index contributed by atoms with van der Waals surface area (Å²) in [6, 6.07) is 0. The number of carbonyl (C=O) groups excluding carboxylic acids is 1. The van der Waals surface area contributed by atoms with Gasteiger partial charge < -0.3 is 0 Å². The van der Waals surface area contributed by atoms with Crippen molar-refractivity contribution in [2.24, 2.45) is 0 Å². The van der Waals surface area contributed by atoms with Gasteiger partial charge in [0.25, 0.3) is 0 Å². The molecule has 1 heteroatoms. The second kappa shape index (κ2) is 9.14. The Morgan fingerprint density at radius 2 is 1.69 bits per heavy atom. The first-order valence-corrected chi connectivity index (χ1v) is 6.15. The predicted molar refractivity (Wildman–Crippen MR) is 71.5 cm³/mol. The molecule has 0 bridgehead atoms. The van der Waals surface area contributed by atoms with Crippen molar-refractivity contribution >= 4 is 5.78 Å². The molecule has 1 nitrogen and oxygen atoms in total. The Bertz CT molecular complexity index is 293. The topological polar surface area (TPSA) is 17.1 Å². The number of ketones is 1. The van der Waals surface area contributed by atoms with Crippen LogP contribution in [0.3, 0.4) is 0 Å². The highest BCUT2D eigenvalue weighted by atomic mass is 16.1. The molecule has 0 amide bonds. The van der Waals surface area contributed by atoms with Gasteiger partial charge in [-0.1, -0.05) is 50.1 Å². The van der Waals surface area contributed by atoms with Crippen LogP contribution in [0, 0.1) is 0 Å². The van der Waals surface area contributed by atoms with Crippen LogP contribution in [0.25, 0.3) is 0 Å². The van der Waals surface area contributed by atoms with E-state index in [0.717, 1.165) is 24.8 Å². The number of allylic oxidation sites excluding steroid dienone is 6. The maximum atomic E-state index is 11.6. The molecule has 0 aliphatic heterocycles. The molecule has 0 saturated carbocycles. The Hall–Kier alpha value is -1.11. The summed E-state index contributed by atoms with van der Waals surface area (Å²) in [6.07, 6.45) is 11.7. The Morgan fingerprint density at radius 1 is 1.06 bits per heavy atom. The fraction of sp³-hybridized carbons (Fsp3) is 0.533. The van der Waals surface area contributed by atoms with E-state index in [-0.39, 0.29) is 5.78 Å². The fourth-order valence-corrected chi connectivity index (χ4v) is 1.17. The highest BCUT2D eigenvalue weighted by molar-refractivity contribution is 5.94. The first kappa shape index (κ1) is 14.9. The van der Waals surface area contributed by atoms with Gasteiger partial charge in [0, 0.05) is 6.42 Å². The Balaban J connectivity index is 4.17. The minimum atomic E-state index is 0.266. The second-order valence-corrected chi connectivity index (χ2v) is 4.13. The molecule has 0 aromatic carbocycles. The minimum Gasteiger partial charge on any atom is -0.295 e. The number of hydrogen-bond acceptors (Lipinski definition) is 1. The lowest BCUT2D eigenvalue weighted by Crippen LogP contribution is -1.98. The Labute approximate surface area is 99.9 Å². The van der Waals surface area contributed by atoms with E-state index in [4.69, 9.17) is 0 Å². The van der Waals surface area contributed by atoms with E-state index in [2.05, 4.69) is 26.8 Å². The summed E-state index contributed by atoms with van der Waals surface area (Å²) in [6.45, 7) is 8.23. The van der Waals surface area contributed by atoms with E-state index in [1.807, 2.05) is 25.2 Å². The molecule has 0 aromatic heterocycles. The first-order chi connectivity index (χ1) is 7.61. The van der Waals surface area contributed by atoms with Crippen LogP contribution in [0.1, 0.15) is 53.4 Å². The van der Waals surface area contributed by atoms with Crippen LogP contribution in [0.5, 0.6) is 0 Å². The molecule has 90 valence electrons. The van der Waals surface area contributed by atoms with E-state index in [9.17, 15) is 4.79 Å². The first-order valence-electron chi connectivity index (χ1n) is 6.15. The van der Waals surface area contributed by atoms with Crippen LogP contribution in [0.2, 0.25) is 0 Å². The van der Waals surface area contributed by atoms with Crippen molar-refractivity contribution in [1.82, 2.24) is 0 Å². The van der Waals surface area contributed by atoms with Crippen LogP contribution in [-0.2, 0) is 4.79 Å². The zero-order valence-electron chi connectivity index (χ0n) is 11.0. The van der Waals surface area contributed by atoms with Gasteiger partial charge >= 0.3 is 0 Å². The van der Waals surface area contributed by atoms with Crippen molar-refractivity contribution in [1.29, 1.82) is 0 Å². The third-order valence-electron chi connectivity index (χ3n) is 2.59. The highest BCUT2D eigenvalue weighted by Gasteiger charge is 2.01. The van der Waals surface area contributed by atoms with Crippen LogP contribution >= 0.6 is 0 Å². The maximum absolute atomic E-state index is 11.6. The average Bonchev–Trinajstić information content (AvgIpc) is 2.30. The lowest BCUT2D eigenvalue weighted by Gasteiger charge is -1.97. The highest BCUT2D eigenvalue weighted by Crippen LogP contribution is 2.04. The molecule has 0 radical (unpaired) electrons. The smallest absolute Gasteiger partial charge is 0.158 e. The van der Waals surface area contributed by atoms with Crippen molar-refractivity contribution in [3.05, 3.63) is 35.5 Å². The van der Waals surface area contributed by atoms with Gasteiger partial charge in [0.1, 0.15) is 0 Å². The Kier molecular flexibility index (Phi) is 8.51. The third kappa shape index (κ3) is 7.22. The van der Waals surface area contributed by atoms with Crippen LogP contribution in [0.4, 0.5) is 0 Å². The van der Waals surface area contributed by atoms with E-state index >= 15 is 0 Å². The number of unbranched alkanes of at least 4 members (excludes halogenated alkanes) is 1. The van der Waals surface area contributed by atoms with Crippen molar-refractivity contribution in [3.63, 3.8) is 0 Å². The molecule has 0 spiro atoms. The maximum Gasteiger partial charge on any atom is 0.158 e. The SMILES string of the molecule is CCCCC(=O)C(C)=CC=CC=C(C)CC. The van der Waals surface area contributed by atoms with E-state index in [1.165, 1.54) is 5.57 Å². The monoisotopic (exact) mass is 220 g/mol. The van der Waals surface area contributed by atoms with Crippen LogP contribution < -0.4 is 0 Å². The summed E-state index contributed by atoms with van der Waals surface area (Å²) in [5.74, 6) is 0.266. The van der Waals surface area contributed by atoms with E-state index in [1.54, 1.807) is 0 Å². The third-order valence-corrected chi connectivity index (χ3v) is 2.59. The van der Waals surface area contributed by atoms with Crippen molar-refractivity contribution < 1.29 is 4.79 Å². The molecule has 16 heavy (non-hydrogen) atoms. The van der Waals surface area contributed by atoms with Crippen molar-refractivity contribution in [2.75, 3.05) is 0 Å². The molecule has 0 saturated heterocycles. The normalized spacial score (nSPS) is 13.5. The average molecular weight is 220 g/mol. The second-order valence-electron chi connectivity index (χ2n) is 4.13. The zero-order chi connectivity index (χ0) is 12.4. The lowest BCUT2D eigenvalue weighted by atomic mass is 10.1. The van der Waals surface area contributed by atoms with Gasteiger partial charge in [0.05, 0.1) is 0 Å². The van der Waals surface area contributed by atoms with Gasteiger partial charge in [-0.2, -0.15) is 0 Å². The van der Waals surface area contributed by atoms with E-state index in [0.29, 0.717) is 6.42 Å². The zero-order valence-corrected chi connectivity index (χ0v) is 11.0. The van der Waals surface area contributed by atoms with Gasteiger partial charge in [-0.25, -0.2) is 0 Å². The summed E-state index contributed by atoms with van der Waals surface area (Å²) in [4.78, 5) is 11.6. The van der Waals surface area contributed by atoms with E-state index < -0.39 is 0 Å². The van der Waals surface area contributed by atoms with Crippen LogP contribution in [0.15, 0.2) is 35.5 Å². The van der Waals surface area contributed by atoms with Crippen LogP contribution in [-0.4, -0.2) is 5.78 Å². The fourth-order valence-electron chi connectivity index (χ4n) is 1.17. The summed E-state index contributed by atoms with van der Waals surface area (Å²) in [5.41, 5.74) is 2.20. The number of carbonyl (C=O) groups is 1. The van der Waals surface area contributed by atoms with Crippen molar-refractivity contribution in [3.8, 4) is 0 Å². The molecule has 0 heterocycles. The molecule has 0 atom stereocenters. The number of rotatable bonds is 7. The summed E-state index contributed by atoms with van der Waals surface area (Å²) in [5, 5.41) is 0. The van der Waals surface area contributed by atoms with Gasteiger partial charge in [0.2, 0.25) is 0 Å². The lowest BCUT2D eigenvalue weighted by molar-refractivity contribution is -0.115. The molecule has 0 unspecified atom stereocenters.